The largest absolute Gasteiger partial charge is 0.256 e. The van der Waals surface area contributed by atoms with Crippen molar-refractivity contribution in [2.45, 2.75) is 24.8 Å². The molecule has 0 aromatic heterocycles. The van der Waals surface area contributed by atoms with Crippen molar-refractivity contribution >= 4 is 21.6 Å². The van der Waals surface area contributed by atoms with E-state index in [-0.39, 0.29) is 12.6 Å². The van der Waals surface area contributed by atoms with E-state index in [1.807, 2.05) is 19.1 Å². The highest BCUT2D eigenvalue weighted by molar-refractivity contribution is 7.90. The number of sulfonamides is 1. The van der Waals surface area contributed by atoms with Gasteiger partial charge in [0.15, 0.2) is 0 Å². The van der Waals surface area contributed by atoms with E-state index >= 15 is 0 Å². The first-order chi connectivity index (χ1) is 8.50. The summed E-state index contributed by atoms with van der Waals surface area (Å²) >= 11 is 5.98. The van der Waals surface area contributed by atoms with Gasteiger partial charge in [0.2, 0.25) is 10.0 Å². The fraction of sp³-hybridized carbons (Fsp3) is 0.455. The van der Waals surface area contributed by atoms with E-state index in [1.165, 1.54) is 0 Å². The van der Waals surface area contributed by atoms with Gasteiger partial charge in [-0.3, -0.25) is 10.9 Å². The molecule has 0 amide bonds. The van der Waals surface area contributed by atoms with E-state index in [0.717, 1.165) is 5.56 Å². The van der Waals surface area contributed by atoms with Crippen molar-refractivity contribution in [1.82, 2.24) is 15.6 Å². The lowest BCUT2D eigenvalue weighted by Gasteiger charge is -2.15. The third-order valence-corrected chi connectivity index (χ3v) is 5.30. The van der Waals surface area contributed by atoms with Crippen molar-refractivity contribution in [3.05, 3.63) is 34.9 Å². The molecule has 2 atom stereocenters. The van der Waals surface area contributed by atoms with E-state index in [4.69, 9.17) is 11.6 Å². The highest BCUT2D eigenvalue weighted by atomic mass is 35.5. The molecule has 100 valence electrons. The topological polar surface area (TPSA) is 70.2 Å². The molecule has 1 saturated heterocycles. The van der Waals surface area contributed by atoms with Gasteiger partial charge in [-0.1, -0.05) is 29.8 Å². The van der Waals surface area contributed by atoms with Crippen LogP contribution in [0.2, 0.25) is 5.02 Å². The van der Waals surface area contributed by atoms with E-state index < -0.39 is 15.3 Å². The Labute approximate surface area is 112 Å². The average molecular weight is 290 g/mol. The molecular weight excluding hydrogens is 274 g/mol. The van der Waals surface area contributed by atoms with Crippen LogP contribution in [0.15, 0.2) is 24.3 Å². The fourth-order valence-corrected chi connectivity index (χ4v) is 3.58. The molecule has 0 aliphatic carbocycles. The lowest BCUT2D eigenvalue weighted by molar-refractivity contribution is 0.549. The molecule has 2 rings (SSSR count). The Morgan fingerprint density at radius 2 is 2.17 bits per heavy atom. The molecule has 2 unspecified atom stereocenters. The number of nitrogens with one attached hydrogen (secondary N) is 3. The smallest absolute Gasteiger partial charge is 0.217 e. The maximum Gasteiger partial charge on any atom is 0.217 e. The summed E-state index contributed by atoms with van der Waals surface area (Å²) in [5.74, 6) is 0. The van der Waals surface area contributed by atoms with Crippen LogP contribution < -0.4 is 15.6 Å². The van der Waals surface area contributed by atoms with Gasteiger partial charge in [-0.05, 0) is 18.6 Å². The van der Waals surface area contributed by atoms with Crippen molar-refractivity contribution in [2.24, 2.45) is 0 Å². The first kappa shape index (κ1) is 13.8. The summed E-state index contributed by atoms with van der Waals surface area (Å²) in [4.78, 5) is 0. The quantitative estimate of drug-likeness (QED) is 0.760. The molecule has 1 fully saturated rings. The minimum atomic E-state index is -3.36. The lowest BCUT2D eigenvalue weighted by atomic mass is 10.2. The second-order valence-corrected chi connectivity index (χ2v) is 6.70. The lowest BCUT2D eigenvalue weighted by Crippen LogP contribution is -2.41. The molecular formula is C11H16ClN3O2S. The van der Waals surface area contributed by atoms with Crippen LogP contribution in [0, 0.1) is 0 Å². The van der Waals surface area contributed by atoms with Crippen molar-refractivity contribution in [3.63, 3.8) is 0 Å². The summed E-state index contributed by atoms with van der Waals surface area (Å²) in [7, 11) is -3.36. The van der Waals surface area contributed by atoms with Crippen molar-refractivity contribution in [1.29, 1.82) is 0 Å². The Morgan fingerprint density at radius 3 is 2.78 bits per heavy atom. The van der Waals surface area contributed by atoms with Gasteiger partial charge < -0.3 is 0 Å². The fourth-order valence-electron chi connectivity index (χ4n) is 1.90. The van der Waals surface area contributed by atoms with Gasteiger partial charge in [0.05, 0.1) is 0 Å². The molecule has 0 bridgehead atoms. The molecule has 5 nitrogen and oxygen atoms in total. The Morgan fingerprint density at radius 1 is 1.44 bits per heavy atom. The molecule has 0 spiro atoms. The van der Waals surface area contributed by atoms with Crippen LogP contribution in [0.5, 0.6) is 0 Å². The third-order valence-electron chi connectivity index (χ3n) is 3.01. The van der Waals surface area contributed by atoms with Gasteiger partial charge in [0, 0.05) is 24.2 Å². The molecule has 0 radical (unpaired) electrons. The van der Waals surface area contributed by atoms with Crippen LogP contribution in [0.3, 0.4) is 0 Å². The molecule has 1 heterocycles. The zero-order valence-electron chi connectivity index (χ0n) is 9.98. The normalized spacial score (nSPS) is 24.3. The van der Waals surface area contributed by atoms with Crippen LogP contribution in [0.25, 0.3) is 0 Å². The van der Waals surface area contributed by atoms with Crippen molar-refractivity contribution in [2.75, 3.05) is 6.54 Å². The van der Waals surface area contributed by atoms with Gasteiger partial charge >= 0.3 is 0 Å². The zero-order valence-corrected chi connectivity index (χ0v) is 11.6. The first-order valence-electron chi connectivity index (χ1n) is 5.71. The van der Waals surface area contributed by atoms with Crippen LogP contribution in [0.4, 0.5) is 0 Å². The highest BCUT2D eigenvalue weighted by Gasteiger charge is 2.34. The third kappa shape index (κ3) is 3.02. The second-order valence-electron chi connectivity index (χ2n) is 4.31. The number of hydrazine groups is 1. The van der Waals surface area contributed by atoms with E-state index in [2.05, 4.69) is 15.6 Å². The minimum Gasteiger partial charge on any atom is -0.256 e. The Kier molecular flexibility index (Phi) is 4.24. The van der Waals surface area contributed by atoms with E-state index in [1.54, 1.807) is 12.1 Å². The standard InChI is InChI=1S/C11H16ClN3O2S/c1-8-11(7-13-15-8)18(16,17)14-6-9-4-2-3-5-10(9)12/h2-5,8,11,13-15H,6-7H2,1H3. The average Bonchev–Trinajstić information content (AvgIpc) is 2.75. The predicted molar refractivity (Wildman–Crippen MR) is 71.6 cm³/mol. The Hall–Kier alpha value is -0.660. The van der Waals surface area contributed by atoms with Gasteiger partial charge in [0.1, 0.15) is 5.25 Å². The molecule has 7 heteroatoms. The maximum absolute atomic E-state index is 12.1. The molecule has 1 aromatic carbocycles. The van der Waals surface area contributed by atoms with Gasteiger partial charge in [-0.15, -0.1) is 0 Å². The summed E-state index contributed by atoms with van der Waals surface area (Å²) in [5.41, 5.74) is 6.51. The van der Waals surface area contributed by atoms with Crippen molar-refractivity contribution in [3.8, 4) is 0 Å². The van der Waals surface area contributed by atoms with Crippen LogP contribution in [-0.2, 0) is 16.6 Å². The second kappa shape index (κ2) is 5.54. The molecule has 1 aliphatic heterocycles. The van der Waals surface area contributed by atoms with Crippen molar-refractivity contribution < 1.29 is 8.42 Å². The van der Waals surface area contributed by atoms with Gasteiger partial charge in [0.25, 0.3) is 0 Å². The molecule has 0 saturated carbocycles. The summed E-state index contributed by atoms with van der Waals surface area (Å²) in [6.45, 7) is 2.45. The van der Waals surface area contributed by atoms with Crippen LogP contribution >= 0.6 is 11.6 Å². The molecule has 1 aliphatic rings. The monoisotopic (exact) mass is 289 g/mol. The Bertz CT molecular complexity index is 521. The van der Waals surface area contributed by atoms with Crippen LogP contribution in [-0.4, -0.2) is 26.3 Å². The first-order valence-corrected chi connectivity index (χ1v) is 7.63. The zero-order chi connectivity index (χ0) is 13.2. The number of rotatable bonds is 4. The van der Waals surface area contributed by atoms with Gasteiger partial charge in [-0.25, -0.2) is 13.1 Å². The number of hydrogen-bond donors (Lipinski definition) is 3. The van der Waals surface area contributed by atoms with Crippen LogP contribution in [0.1, 0.15) is 12.5 Å². The number of benzene rings is 1. The van der Waals surface area contributed by atoms with Gasteiger partial charge in [-0.2, -0.15) is 0 Å². The summed E-state index contributed by atoms with van der Waals surface area (Å²) in [6, 6.07) is 7.07. The predicted octanol–water partition coefficient (Wildman–Crippen LogP) is 0.624. The number of hydrogen-bond acceptors (Lipinski definition) is 4. The highest BCUT2D eigenvalue weighted by Crippen LogP contribution is 2.16. The maximum atomic E-state index is 12.1. The SMILES string of the molecule is CC1NNCC1S(=O)(=O)NCc1ccccc1Cl. The van der Waals surface area contributed by atoms with E-state index in [0.29, 0.717) is 11.6 Å². The van der Waals surface area contributed by atoms with E-state index in [9.17, 15) is 8.42 Å². The minimum absolute atomic E-state index is 0.117. The Balaban J connectivity index is 2.04. The number of halogens is 1. The summed E-state index contributed by atoms with van der Waals surface area (Å²) in [6.07, 6.45) is 0. The molecule has 1 aromatic rings. The molecule has 3 N–H and O–H groups in total. The summed E-state index contributed by atoms with van der Waals surface area (Å²) in [5, 5.41) is 0.0934. The summed E-state index contributed by atoms with van der Waals surface area (Å²) < 4.78 is 26.8. The molecule has 18 heavy (non-hydrogen) atoms.